The number of ketones is 1. The van der Waals surface area contributed by atoms with Crippen LogP contribution in [0.5, 0.6) is 0 Å². The quantitative estimate of drug-likeness (QED) is 0.430. The van der Waals surface area contributed by atoms with Crippen LogP contribution in [-0.4, -0.2) is 12.0 Å². The number of hydrogen-bond acceptors (Lipinski definition) is 2. The van der Waals surface area contributed by atoms with E-state index in [0.717, 1.165) is 0 Å². The molecule has 0 unspecified atom stereocenters. The Bertz CT molecular complexity index is 189. The van der Waals surface area contributed by atoms with Crippen molar-refractivity contribution < 1.29 is 4.79 Å². The highest BCUT2D eigenvalue weighted by Gasteiger charge is 1.95. The van der Waals surface area contributed by atoms with Gasteiger partial charge >= 0.3 is 0 Å². The van der Waals surface area contributed by atoms with Crippen LogP contribution in [0, 0.1) is 0 Å². The fraction of sp³-hybridized carbons (Fsp3) is 0.250. The molecule has 2 heteroatoms. The van der Waals surface area contributed by atoms with Crippen molar-refractivity contribution in [3.63, 3.8) is 0 Å². The van der Waals surface area contributed by atoms with Gasteiger partial charge < -0.3 is 0 Å². The highest BCUT2D eigenvalue weighted by molar-refractivity contribution is 5.94. The van der Waals surface area contributed by atoms with Gasteiger partial charge in [0.05, 0.1) is 0 Å². The van der Waals surface area contributed by atoms with Gasteiger partial charge in [0.15, 0.2) is 5.78 Å². The van der Waals surface area contributed by atoms with Crippen molar-refractivity contribution in [2.24, 2.45) is 4.99 Å². The molecule has 0 radical (unpaired) electrons. The number of aliphatic imine (C=N–C) groups is 1. The molecule has 0 aliphatic heterocycles. The molecule has 0 aliphatic carbocycles. The van der Waals surface area contributed by atoms with E-state index >= 15 is 0 Å². The molecule has 0 rings (SSSR count). The Morgan fingerprint density at radius 2 is 2.20 bits per heavy atom. The van der Waals surface area contributed by atoms with Crippen LogP contribution in [-0.2, 0) is 4.79 Å². The number of allylic oxidation sites excluding steroid dienone is 3. The Morgan fingerprint density at radius 3 is 2.50 bits per heavy atom. The van der Waals surface area contributed by atoms with Gasteiger partial charge in [-0.1, -0.05) is 18.7 Å². The minimum absolute atomic E-state index is 0.0272. The molecule has 0 bridgehead atoms. The molecule has 2 nitrogen and oxygen atoms in total. The van der Waals surface area contributed by atoms with Crippen molar-refractivity contribution in [2.75, 3.05) is 0 Å². The molecule has 54 valence electrons. The Hall–Kier alpha value is -1.18. The molecule has 0 amide bonds. The number of carbonyl (C=O) groups is 1. The predicted octanol–water partition coefficient (Wildman–Crippen LogP) is 1.74. The van der Waals surface area contributed by atoms with Crippen LogP contribution < -0.4 is 0 Å². The van der Waals surface area contributed by atoms with E-state index in [2.05, 4.69) is 11.6 Å². The largest absolute Gasteiger partial charge is 0.293 e. The monoisotopic (exact) mass is 137 g/mol. The van der Waals surface area contributed by atoms with Crippen LogP contribution in [0.4, 0.5) is 0 Å². The Morgan fingerprint density at radius 1 is 1.60 bits per heavy atom. The van der Waals surface area contributed by atoms with E-state index in [0.29, 0.717) is 5.70 Å². The average molecular weight is 137 g/mol. The molecule has 0 aromatic rings. The summed E-state index contributed by atoms with van der Waals surface area (Å²) in [5, 5.41) is 0. The molecule has 0 spiro atoms. The normalized spacial score (nSPS) is 12.0. The lowest BCUT2D eigenvalue weighted by atomic mass is 10.3. The summed E-state index contributed by atoms with van der Waals surface area (Å²) in [7, 11) is 0. The van der Waals surface area contributed by atoms with Crippen molar-refractivity contribution >= 4 is 12.0 Å². The molecule has 0 atom stereocenters. The second-order valence-electron chi connectivity index (χ2n) is 1.74. The lowest BCUT2D eigenvalue weighted by Gasteiger charge is -1.89. The topological polar surface area (TPSA) is 29.4 Å². The lowest BCUT2D eigenvalue weighted by molar-refractivity contribution is -0.113. The summed E-state index contributed by atoms with van der Waals surface area (Å²) in [5.41, 5.74) is 0.472. The van der Waals surface area contributed by atoms with E-state index in [1.165, 1.54) is 19.2 Å². The Labute approximate surface area is 61.0 Å². The van der Waals surface area contributed by atoms with Crippen molar-refractivity contribution in [3.05, 3.63) is 24.4 Å². The first-order valence-electron chi connectivity index (χ1n) is 3.04. The predicted molar refractivity (Wildman–Crippen MR) is 43.1 cm³/mol. The van der Waals surface area contributed by atoms with Gasteiger partial charge in [-0.15, -0.1) is 0 Å². The maximum Gasteiger partial charge on any atom is 0.177 e. The van der Waals surface area contributed by atoms with Gasteiger partial charge in [0, 0.05) is 13.1 Å². The molecule has 0 saturated heterocycles. The van der Waals surface area contributed by atoms with Gasteiger partial charge in [-0.25, -0.2) is 0 Å². The van der Waals surface area contributed by atoms with Crippen LogP contribution in [0.15, 0.2) is 29.4 Å². The van der Waals surface area contributed by atoms with Crippen molar-refractivity contribution in [1.29, 1.82) is 0 Å². The third-order valence-corrected chi connectivity index (χ3v) is 0.953. The van der Waals surface area contributed by atoms with Crippen LogP contribution >= 0.6 is 0 Å². The minimum Gasteiger partial charge on any atom is -0.293 e. The van der Waals surface area contributed by atoms with Crippen LogP contribution in [0.2, 0.25) is 0 Å². The van der Waals surface area contributed by atoms with Crippen LogP contribution in [0.3, 0.4) is 0 Å². The zero-order valence-electron chi connectivity index (χ0n) is 6.29. The molecule has 0 saturated carbocycles. The first-order chi connectivity index (χ1) is 4.72. The van der Waals surface area contributed by atoms with Gasteiger partial charge in [-0.05, 0) is 6.92 Å². The minimum atomic E-state index is -0.0272. The van der Waals surface area contributed by atoms with Gasteiger partial charge in [0.1, 0.15) is 5.70 Å². The lowest BCUT2D eigenvalue weighted by Crippen LogP contribution is -1.92. The van der Waals surface area contributed by atoms with E-state index in [9.17, 15) is 4.79 Å². The number of nitrogens with zero attached hydrogens (tertiary/aromatic N) is 1. The number of hydrogen-bond donors (Lipinski definition) is 0. The van der Waals surface area contributed by atoms with E-state index in [1.54, 1.807) is 13.0 Å². The molecular formula is C8H11NO. The molecule has 0 aromatic heterocycles. The standard InChI is InChI=1S/C8H11NO/c1-4-6-9-8(5-2)7(3)10/h4-6H,1H2,2-3H3/b8-5-,9-6-. The fourth-order valence-corrected chi connectivity index (χ4v) is 0.502. The summed E-state index contributed by atoms with van der Waals surface area (Å²) in [6.45, 7) is 6.70. The van der Waals surface area contributed by atoms with E-state index in [-0.39, 0.29) is 5.78 Å². The summed E-state index contributed by atoms with van der Waals surface area (Å²) < 4.78 is 0. The highest BCUT2D eigenvalue weighted by atomic mass is 16.1. The fourth-order valence-electron chi connectivity index (χ4n) is 0.502. The Balaban J connectivity index is 4.25. The van der Waals surface area contributed by atoms with E-state index in [1.807, 2.05) is 0 Å². The first kappa shape index (κ1) is 8.82. The number of rotatable bonds is 3. The summed E-state index contributed by atoms with van der Waals surface area (Å²) >= 11 is 0. The van der Waals surface area contributed by atoms with E-state index in [4.69, 9.17) is 0 Å². The highest BCUT2D eigenvalue weighted by Crippen LogP contribution is 1.95. The average Bonchev–Trinajstić information content (AvgIpc) is 1.89. The Kier molecular flexibility index (Phi) is 4.12. The molecular weight excluding hydrogens is 126 g/mol. The SMILES string of the molecule is C=C/C=N\C(=C/C)C(C)=O. The number of Topliss-reactive ketones (excluding diaryl/α,β-unsaturated/α-hetero) is 1. The first-order valence-corrected chi connectivity index (χ1v) is 3.04. The summed E-state index contributed by atoms with van der Waals surface area (Å²) in [5.74, 6) is -0.0272. The molecule has 0 heterocycles. The molecule has 0 fully saturated rings. The van der Waals surface area contributed by atoms with Gasteiger partial charge in [-0.3, -0.25) is 9.79 Å². The van der Waals surface area contributed by atoms with Crippen LogP contribution in [0.25, 0.3) is 0 Å². The second-order valence-corrected chi connectivity index (χ2v) is 1.74. The zero-order chi connectivity index (χ0) is 7.98. The molecule has 0 aliphatic rings. The summed E-state index contributed by atoms with van der Waals surface area (Å²) in [6.07, 6.45) is 4.70. The zero-order valence-corrected chi connectivity index (χ0v) is 6.29. The van der Waals surface area contributed by atoms with E-state index < -0.39 is 0 Å². The molecule has 10 heavy (non-hydrogen) atoms. The van der Waals surface area contributed by atoms with Gasteiger partial charge in [0.25, 0.3) is 0 Å². The molecule has 0 aromatic carbocycles. The maximum absolute atomic E-state index is 10.7. The summed E-state index contributed by atoms with van der Waals surface area (Å²) in [4.78, 5) is 14.5. The van der Waals surface area contributed by atoms with Gasteiger partial charge in [0.2, 0.25) is 0 Å². The summed E-state index contributed by atoms with van der Waals surface area (Å²) in [6, 6.07) is 0. The van der Waals surface area contributed by atoms with Crippen molar-refractivity contribution in [3.8, 4) is 0 Å². The third-order valence-electron chi connectivity index (χ3n) is 0.953. The molecule has 0 N–H and O–H groups in total. The van der Waals surface area contributed by atoms with Gasteiger partial charge in [-0.2, -0.15) is 0 Å². The van der Waals surface area contributed by atoms with Crippen molar-refractivity contribution in [1.82, 2.24) is 0 Å². The third kappa shape index (κ3) is 2.97. The number of carbonyl (C=O) groups excluding carboxylic acids is 1. The maximum atomic E-state index is 10.7. The van der Waals surface area contributed by atoms with Crippen LogP contribution in [0.1, 0.15) is 13.8 Å². The second kappa shape index (κ2) is 4.68. The van der Waals surface area contributed by atoms with Crippen molar-refractivity contribution in [2.45, 2.75) is 13.8 Å². The smallest absolute Gasteiger partial charge is 0.177 e.